The number of fused-ring (bicyclic) bond motifs is 1. The van der Waals surface area contributed by atoms with E-state index in [1.807, 2.05) is 6.92 Å². The summed E-state index contributed by atoms with van der Waals surface area (Å²) < 4.78 is 5.63. The van der Waals surface area contributed by atoms with Gasteiger partial charge in [0.25, 0.3) is 0 Å². The van der Waals surface area contributed by atoms with E-state index in [0.29, 0.717) is 5.75 Å². The average Bonchev–Trinajstić information content (AvgIpc) is 2.07. The minimum Gasteiger partial charge on any atom is -0.504 e. The van der Waals surface area contributed by atoms with Crippen LogP contribution in [0.15, 0.2) is 12.1 Å². The van der Waals surface area contributed by atoms with Crippen molar-refractivity contribution in [2.45, 2.75) is 38.7 Å². The smallest absolute Gasteiger partial charge is 0.161 e. The van der Waals surface area contributed by atoms with E-state index in [1.54, 1.807) is 6.07 Å². The average molecular weight is 208 g/mol. The predicted octanol–water partition coefficient (Wildman–Crippen LogP) is 2.55. The fourth-order valence-electron chi connectivity index (χ4n) is 2.27. The fourth-order valence-corrected chi connectivity index (χ4v) is 2.27. The lowest BCUT2D eigenvalue weighted by Gasteiger charge is -2.36. The zero-order valence-electron chi connectivity index (χ0n) is 9.24. The first-order chi connectivity index (χ1) is 6.90. The van der Waals surface area contributed by atoms with E-state index in [1.165, 1.54) is 6.07 Å². The number of phenols is 2. The third-order valence-corrected chi connectivity index (χ3v) is 2.93. The van der Waals surface area contributed by atoms with Crippen molar-refractivity contribution in [2.24, 2.45) is 0 Å². The van der Waals surface area contributed by atoms with Crippen LogP contribution in [0.1, 0.15) is 32.8 Å². The normalized spacial score (nSPS) is 23.0. The molecule has 2 N–H and O–H groups in total. The van der Waals surface area contributed by atoms with Crippen LogP contribution in [0.5, 0.6) is 17.2 Å². The van der Waals surface area contributed by atoms with E-state index < -0.39 is 0 Å². The van der Waals surface area contributed by atoms with Gasteiger partial charge in [0.05, 0.1) is 6.10 Å². The zero-order valence-corrected chi connectivity index (χ0v) is 9.24. The van der Waals surface area contributed by atoms with Crippen molar-refractivity contribution in [2.75, 3.05) is 0 Å². The molecule has 0 fully saturated rings. The first-order valence-electron chi connectivity index (χ1n) is 5.13. The molecule has 1 aliphatic rings. The maximum Gasteiger partial charge on any atom is 0.161 e. The van der Waals surface area contributed by atoms with Gasteiger partial charge in [-0.3, -0.25) is 0 Å². The van der Waals surface area contributed by atoms with Crippen LogP contribution in [0.3, 0.4) is 0 Å². The third kappa shape index (κ3) is 1.62. The molecule has 1 heterocycles. The molecule has 3 nitrogen and oxygen atoms in total. The summed E-state index contributed by atoms with van der Waals surface area (Å²) in [7, 11) is 0. The summed E-state index contributed by atoms with van der Waals surface area (Å²) in [5.41, 5.74) is 0.925. The van der Waals surface area contributed by atoms with E-state index in [0.717, 1.165) is 12.0 Å². The molecule has 1 atom stereocenters. The molecule has 2 rings (SSSR count). The van der Waals surface area contributed by atoms with Crippen molar-refractivity contribution in [3.63, 3.8) is 0 Å². The summed E-state index contributed by atoms with van der Waals surface area (Å²) in [4.78, 5) is 0. The van der Waals surface area contributed by atoms with E-state index in [-0.39, 0.29) is 23.0 Å². The molecule has 0 aromatic heterocycles. The van der Waals surface area contributed by atoms with Crippen LogP contribution < -0.4 is 4.74 Å². The van der Waals surface area contributed by atoms with Crippen LogP contribution in [-0.2, 0) is 5.41 Å². The second-order valence-corrected chi connectivity index (χ2v) is 4.85. The van der Waals surface area contributed by atoms with Crippen molar-refractivity contribution >= 4 is 0 Å². The molecule has 0 aliphatic carbocycles. The summed E-state index contributed by atoms with van der Waals surface area (Å²) in [5, 5.41) is 18.9. The van der Waals surface area contributed by atoms with Crippen molar-refractivity contribution in [3.8, 4) is 17.2 Å². The van der Waals surface area contributed by atoms with Gasteiger partial charge >= 0.3 is 0 Å². The van der Waals surface area contributed by atoms with E-state index in [2.05, 4.69) is 13.8 Å². The van der Waals surface area contributed by atoms with Crippen LogP contribution in [0.4, 0.5) is 0 Å². The lowest BCUT2D eigenvalue weighted by atomic mass is 9.77. The Labute approximate surface area is 89.3 Å². The highest BCUT2D eigenvalue weighted by atomic mass is 16.5. The van der Waals surface area contributed by atoms with Gasteiger partial charge in [-0.05, 0) is 24.8 Å². The van der Waals surface area contributed by atoms with Gasteiger partial charge in [-0.25, -0.2) is 0 Å². The molecular formula is C12H16O3. The standard InChI is InChI=1S/C12H16O3/c1-7-6-12(2,3)8-4-9(13)10(14)5-11(8)15-7/h4-5,7,13-14H,6H2,1-3H3. The van der Waals surface area contributed by atoms with Gasteiger partial charge in [-0.2, -0.15) is 0 Å². The SMILES string of the molecule is CC1CC(C)(C)c2cc(O)c(O)cc2O1. The summed E-state index contributed by atoms with van der Waals surface area (Å²) >= 11 is 0. The Morgan fingerprint density at radius 2 is 1.87 bits per heavy atom. The summed E-state index contributed by atoms with van der Waals surface area (Å²) in [6.45, 7) is 6.23. The van der Waals surface area contributed by atoms with E-state index in [9.17, 15) is 10.2 Å². The maximum absolute atomic E-state index is 9.47. The van der Waals surface area contributed by atoms with Crippen molar-refractivity contribution in [1.82, 2.24) is 0 Å². The topological polar surface area (TPSA) is 49.7 Å². The van der Waals surface area contributed by atoms with Crippen molar-refractivity contribution in [1.29, 1.82) is 0 Å². The Bertz CT molecular complexity index is 396. The molecule has 1 aromatic rings. The lowest BCUT2D eigenvalue weighted by Crippen LogP contribution is -2.32. The van der Waals surface area contributed by atoms with Gasteiger partial charge in [0.15, 0.2) is 11.5 Å². The highest BCUT2D eigenvalue weighted by Crippen LogP contribution is 2.45. The maximum atomic E-state index is 9.47. The number of aromatic hydroxyl groups is 2. The minimum absolute atomic E-state index is 0.0296. The van der Waals surface area contributed by atoms with Crippen LogP contribution in [0.2, 0.25) is 0 Å². The first-order valence-corrected chi connectivity index (χ1v) is 5.13. The monoisotopic (exact) mass is 208 g/mol. The van der Waals surface area contributed by atoms with E-state index >= 15 is 0 Å². The molecule has 15 heavy (non-hydrogen) atoms. The predicted molar refractivity (Wildman–Crippen MR) is 57.5 cm³/mol. The summed E-state index contributed by atoms with van der Waals surface area (Å²) in [6, 6.07) is 3.08. The Kier molecular flexibility index (Phi) is 2.07. The second kappa shape index (κ2) is 3.05. The first kappa shape index (κ1) is 10.1. The molecule has 0 spiro atoms. The van der Waals surface area contributed by atoms with Gasteiger partial charge in [0.2, 0.25) is 0 Å². The third-order valence-electron chi connectivity index (χ3n) is 2.93. The molecule has 0 saturated heterocycles. The molecule has 82 valence electrons. The van der Waals surface area contributed by atoms with Crippen LogP contribution >= 0.6 is 0 Å². The number of phenolic OH excluding ortho intramolecular Hbond substituents is 2. The number of hydrogen-bond acceptors (Lipinski definition) is 3. The summed E-state index contributed by atoms with van der Waals surface area (Å²) in [6.07, 6.45) is 1.04. The Morgan fingerprint density at radius 3 is 2.53 bits per heavy atom. The zero-order chi connectivity index (χ0) is 11.2. The molecule has 1 aromatic carbocycles. The van der Waals surface area contributed by atoms with Gasteiger partial charge in [-0.15, -0.1) is 0 Å². The number of rotatable bonds is 0. The number of benzene rings is 1. The molecule has 0 bridgehead atoms. The quantitative estimate of drug-likeness (QED) is 0.644. The summed E-state index contributed by atoms with van der Waals surface area (Å²) in [5.74, 6) is 0.465. The van der Waals surface area contributed by atoms with Gasteiger partial charge in [0.1, 0.15) is 5.75 Å². The van der Waals surface area contributed by atoms with Crippen LogP contribution in [0, 0.1) is 0 Å². The van der Waals surface area contributed by atoms with Gasteiger partial charge < -0.3 is 14.9 Å². The lowest BCUT2D eigenvalue weighted by molar-refractivity contribution is 0.149. The van der Waals surface area contributed by atoms with Gasteiger partial charge in [0, 0.05) is 11.6 Å². The Hall–Kier alpha value is -1.38. The molecule has 3 heteroatoms. The van der Waals surface area contributed by atoms with Gasteiger partial charge in [-0.1, -0.05) is 13.8 Å². The fraction of sp³-hybridized carbons (Fsp3) is 0.500. The molecule has 0 amide bonds. The molecule has 0 saturated carbocycles. The number of ether oxygens (including phenoxy) is 1. The minimum atomic E-state index is -0.126. The second-order valence-electron chi connectivity index (χ2n) is 4.85. The Balaban J connectivity index is 2.58. The molecule has 0 radical (unpaired) electrons. The highest BCUT2D eigenvalue weighted by Gasteiger charge is 2.33. The van der Waals surface area contributed by atoms with Crippen molar-refractivity contribution in [3.05, 3.63) is 17.7 Å². The number of hydrogen-bond donors (Lipinski definition) is 2. The largest absolute Gasteiger partial charge is 0.504 e. The molecular weight excluding hydrogens is 192 g/mol. The molecule has 1 unspecified atom stereocenters. The Morgan fingerprint density at radius 1 is 1.27 bits per heavy atom. The molecule has 1 aliphatic heterocycles. The van der Waals surface area contributed by atoms with E-state index in [4.69, 9.17) is 4.74 Å². The van der Waals surface area contributed by atoms with Crippen molar-refractivity contribution < 1.29 is 14.9 Å². The highest BCUT2D eigenvalue weighted by molar-refractivity contribution is 5.52. The van der Waals surface area contributed by atoms with Crippen LogP contribution in [0.25, 0.3) is 0 Å². The van der Waals surface area contributed by atoms with Crippen LogP contribution in [-0.4, -0.2) is 16.3 Å².